The molecule has 0 bridgehead atoms. The molecule has 0 N–H and O–H groups in total. The minimum Gasteiger partial charge on any atom is -0.484 e. The van der Waals surface area contributed by atoms with Crippen LogP contribution in [0.15, 0.2) is 46.9 Å². The van der Waals surface area contributed by atoms with E-state index in [1.165, 1.54) is 0 Å². The number of imidazole rings is 1. The molecule has 3 nitrogen and oxygen atoms in total. The van der Waals surface area contributed by atoms with Crippen LogP contribution in [0.25, 0.3) is 11.0 Å². The Bertz CT molecular complexity index is 822. The maximum atomic E-state index is 13.3. The zero-order valence-corrected chi connectivity index (χ0v) is 13.5. The van der Waals surface area contributed by atoms with Gasteiger partial charge in [-0.25, -0.2) is 4.98 Å². The summed E-state index contributed by atoms with van der Waals surface area (Å²) < 4.78 is 33.8. The molecule has 0 atom stereocenters. The molecule has 2 aromatic carbocycles. The quantitative estimate of drug-likeness (QED) is 0.597. The van der Waals surface area contributed by atoms with Crippen molar-refractivity contribution in [2.24, 2.45) is 0 Å². The number of halogens is 4. The number of nitrogens with zero attached hydrogens (tertiary/aromatic N) is 2. The van der Waals surface area contributed by atoms with Crippen LogP contribution in [0.3, 0.4) is 0 Å². The topological polar surface area (TPSA) is 27.1 Å². The number of aromatic nitrogens is 2. The van der Waals surface area contributed by atoms with Gasteiger partial charge in [-0.2, -0.15) is 8.78 Å². The number of benzene rings is 2. The van der Waals surface area contributed by atoms with Gasteiger partial charge in [0, 0.05) is 4.47 Å². The van der Waals surface area contributed by atoms with Crippen LogP contribution in [0.5, 0.6) is 5.75 Å². The second-order valence-electron chi connectivity index (χ2n) is 4.53. The zero-order valence-electron chi connectivity index (χ0n) is 11.1. The van der Waals surface area contributed by atoms with E-state index in [0.717, 1.165) is 9.04 Å². The van der Waals surface area contributed by atoms with Crippen molar-refractivity contribution in [3.8, 4) is 5.75 Å². The Balaban J connectivity index is 1.92. The minimum atomic E-state index is -2.69. The Morgan fingerprint density at radius 1 is 1.23 bits per heavy atom. The van der Waals surface area contributed by atoms with Crippen LogP contribution in [-0.2, 0) is 6.61 Å². The molecule has 0 fully saturated rings. The van der Waals surface area contributed by atoms with Gasteiger partial charge in [0.25, 0.3) is 0 Å². The summed E-state index contributed by atoms with van der Waals surface area (Å²) in [5.74, 6) is 0.563. The molecule has 3 rings (SSSR count). The van der Waals surface area contributed by atoms with E-state index in [4.69, 9.17) is 16.3 Å². The highest BCUT2D eigenvalue weighted by Crippen LogP contribution is 2.29. The third-order valence-electron chi connectivity index (χ3n) is 3.11. The summed E-state index contributed by atoms with van der Waals surface area (Å²) in [6.45, 7) is -2.79. The summed E-state index contributed by atoms with van der Waals surface area (Å²) >= 11 is 9.34. The van der Waals surface area contributed by atoms with Crippen molar-refractivity contribution in [1.82, 2.24) is 9.55 Å². The molecule has 0 radical (unpaired) electrons. The molecule has 1 heterocycles. The molecule has 0 spiro atoms. The molecule has 3 aromatic rings. The molecule has 22 heavy (non-hydrogen) atoms. The summed E-state index contributed by atoms with van der Waals surface area (Å²) in [6.07, 6.45) is 0. The number of rotatable bonds is 4. The smallest absolute Gasteiger partial charge is 0.320 e. The van der Waals surface area contributed by atoms with E-state index in [1.54, 1.807) is 42.5 Å². The fourth-order valence-electron chi connectivity index (χ4n) is 2.15. The van der Waals surface area contributed by atoms with Gasteiger partial charge in [-0.1, -0.05) is 39.7 Å². The maximum absolute atomic E-state index is 13.3. The lowest BCUT2D eigenvalue weighted by Gasteiger charge is -2.10. The zero-order chi connectivity index (χ0) is 15.7. The molecule has 0 amide bonds. The molecule has 1 aromatic heterocycles. The van der Waals surface area contributed by atoms with Crippen molar-refractivity contribution < 1.29 is 13.5 Å². The van der Waals surface area contributed by atoms with Crippen LogP contribution in [-0.4, -0.2) is 9.55 Å². The Kier molecular flexibility index (Phi) is 4.31. The van der Waals surface area contributed by atoms with Crippen molar-refractivity contribution >= 4 is 38.6 Å². The van der Waals surface area contributed by atoms with Gasteiger partial charge in [0.15, 0.2) is 5.82 Å². The van der Waals surface area contributed by atoms with Crippen molar-refractivity contribution in [1.29, 1.82) is 0 Å². The third kappa shape index (κ3) is 2.94. The molecule has 0 saturated carbocycles. The van der Waals surface area contributed by atoms with Crippen molar-refractivity contribution in [3.05, 3.63) is 57.8 Å². The summed E-state index contributed by atoms with van der Waals surface area (Å²) in [6, 6.07) is 11.8. The van der Waals surface area contributed by atoms with Crippen LogP contribution in [0, 0.1) is 0 Å². The standard InChI is InChI=1S/C15H10BrClF2N2O/c16-9-5-6-13(10(17)7-9)22-8-14-20-11-3-1-2-4-12(11)21(14)15(18)19/h1-7,15H,8H2. The predicted octanol–water partition coefficient (Wildman–Crippen LogP) is 5.43. The molecule has 0 aliphatic carbocycles. The monoisotopic (exact) mass is 386 g/mol. The highest BCUT2D eigenvalue weighted by molar-refractivity contribution is 9.10. The molecule has 114 valence electrons. The fraction of sp³-hybridized carbons (Fsp3) is 0.133. The molecule has 0 aliphatic heterocycles. The Morgan fingerprint density at radius 3 is 2.73 bits per heavy atom. The maximum Gasteiger partial charge on any atom is 0.320 e. The first kappa shape index (κ1) is 15.2. The van der Waals surface area contributed by atoms with E-state index in [0.29, 0.717) is 21.8 Å². The van der Waals surface area contributed by atoms with Gasteiger partial charge in [-0.15, -0.1) is 0 Å². The summed E-state index contributed by atoms with van der Waals surface area (Å²) in [4.78, 5) is 4.20. The third-order valence-corrected chi connectivity index (χ3v) is 3.90. The number of para-hydroxylation sites is 2. The molecule has 0 aliphatic rings. The molecular formula is C15H10BrClF2N2O. The normalized spacial score (nSPS) is 11.3. The van der Waals surface area contributed by atoms with E-state index in [9.17, 15) is 8.78 Å². The highest BCUT2D eigenvalue weighted by Gasteiger charge is 2.18. The fourth-order valence-corrected chi connectivity index (χ4v) is 2.88. The lowest BCUT2D eigenvalue weighted by Crippen LogP contribution is -2.08. The van der Waals surface area contributed by atoms with Gasteiger partial charge in [0.1, 0.15) is 12.4 Å². The molecular weight excluding hydrogens is 378 g/mol. The van der Waals surface area contributed by atoms with Gasteiger partial charge in [0.2, 0.25) is 0 Å². The second kappa shape index (κ2) is 6.22. The van der Waals surface area contributed by atoms with Gasteiger partial charge in [-0.05, 0) is 30.3 Å². The van der Waals surface area contributed by atoms with E-state index in [1.807, 2.05) is 0 Å². The van der Waals surface area contributed by atoms with Gasteiger partial charge >= 0.3 is 6.55 Å². The van der Waals surface area contributed by atoms with Crippen LogP contribution < -0.4 is 4.74 Å². The second-order valence-corrected chi connectivity index (χ2v) is 5.85. The lowest BCUT2D eigenvalue weighted by atomic mass is 10.3. The van der Waals surface area contributed by atoms with E-state index < -0.39 is 6.55 Å². The molecule has 7 heteroatoms. The van der Waals surface area contributed by atoms with Crippen LogP contribution >= 0.6 is 27.5 Å². The molecule has 0 unspecified atom stereocenters. The Morgan fingerprint density at radius 2 is 2.00 bits per heavy atom. The van der Waals surface area contributed by atoms with Crippen LogP contribution in [0.1, 0.15) is 12.4 Å². The SMILES string of the molecule is FC(F)n1c(COc2ccc(Br)cc2Cl)nc2ccccc21. The van der Waals surface area contributed by atoms with E-state index in [-0.39, 0.29) is 12.4 Å². The van der Waals surface area contributed by atoms with Crippen LogP contribution in [0.2, 0.25) is 5.02 Å². The first-order valence-electron chi connectivity index (χ1n) is 6.38. The average molecular weight is 388 g/mol. The number of hydrogen-bond acceptors (Lipinski definition) is 2. The first-order chi connectivity index (χ1) is 10.6. The van der Waals surface area contributed by atoms with Crippen molar-refractivity contribution in [3.63, 3.8) is 0 Å². The van der Waals surface area contributed by atoms with E-state index in [2.05, 4.69) is 20.9 Å². The lowest BCUT2D eigenvalue weighted by molar-refractivity contribution is 0.0677. The largest absolute Gasteiger partial charge is 0.484 e. The molecule has 0 saturated heterocycles. The number of ether oxygens (including phenoxy) is 1. The van der Waals surface area contributed by atoms with Crippen LogP contribution in [0.4, 0.5) is 8.78 Å². The average Bonchev–Trinajstić information content (AvgIpc) is 2.84. The number of fused-ring (bicyclic) bond motifs is 1. The predicted molar refractivity (Wildman–Crippen MR) is 84.5 cm³/mol. The Labute approximate surface area is 138 Å². The van der Waals surface area contributed by atoms with Crippen molar-refractivity contribution in [2.75, 3.05) is 0 Å². The minimum absolute atomic E-state index is 0.0969. The number of alkyl halides is 2. The highest BCUT2D eigenvalue weighted by atomic mass is 79.9. The number of hydrogen-bond donors (Lipinski definition) is 0. The summed E-state index contributed by atoms with van der Waals surface area (Å²) in [7, 11) is 0. The van der Waals surface area contributed by atoms with Gasteiger partial charge in [-0.3, -0.25) is 4.57 Å². The van der Waals surface area contributed by atoms with Gasteiger partial charge in [0.05, 0.1) is 16.1 Å². The van der Waals surface area contributed by atoms with Gasteiger partial charge < -0.3 is 4.74 Å². The van der Waals surface area contributed by atoms with Crippen molar-refractivity contribution in [2.45, 2.75) is 13.2 Å². The summed E-state index contributed by atoms with van der Waals surface area (Å²) in [5.41, 5.74) is 0.876. The first-order valence-corrected chi connectivity index (χ1v) is 7.55. The Hall–Kier alpha value is -1.66. The summed E-state index contributed by atoms with van der Waals surface area (Å²) in [5, 5.41) is 0.397. The van der Waals surface area contributed by atoms with E-state index >= 15 is 0 Å².